The normalized spacial score (nSPS) is 32.1. The number of nitrogens with one attached hydrogen (secondary N) is 2. The molecule has 5 nitrogen and oxygen atoms in total. The zero-order valence-corrected chi connectivity index (χ0v) is 10.3. The first kappa shape index (κ1) is 12.4. The van der Waals surface area contributed by atoms with Crippen molar-refractivity contribution in [3.05, 3.63) is 0 Å². The predicted molar refractivity (Wildman–Crippen MR) is 62.2 cm³/mol. The third-order valence-corrected chi connectivity index (χ3v) is 3.70. The van der Waals surface area contributed by atoms with Gasteiger partial charge in [0.1, 0.15) is 5.78 Å². The van der Waals surface area contributed by atoms with Gasteiger partial charge in [-0.1, -0.05) is 6.42 Å². The molecule has 2 fully saturated rings. The zero-order chi connectivity index (χ0) is 12.3. The lowest BCUT2D eigenvalue weighted by Crippen LogP contribution is -2.59. The van der Waals surface area contributed by atoms with Crippen molar-refractivity contribution in [3.8, 4) is 0 Å². The van der Waals surface area contributed by atoms with Crippen LogP contribution in [0.1, 0.15) is 45.4 Å². The van der Waals surface area contributed by atoms with Crippen LogP contribution in [0.25, 0.3) is 0 Å². The number of amides is 1. The molecule has 0 radical (unpaired) electrons. The first-order valence-corrected chi connectivity index (χ1v) is 6.35. The number of fused-ring (bicyclic) bond motifs is 2. The molecule has 1 amide bonds. The molecule has 2 N–H and O–H groups in total. The van der Waals surface area contributed by atoms with E-state index in [1.807, 2.05) is 0 Å². The number of Topliss-reactive ketones (excluding diaryl/α,β-unsaturated/α-hetero) is 1. The maximum atomic E-state index is 11.7. The Morgan fingerprint density at radius 2 is 2.41 bits per heavy atom. The standard InChI is InChI=1S/C12H20N2O3/c1-2-17-11(16)13-14-12-5-3-4-9(7-12)6-10(15)8-12/h9,14H,2-8H2,1H3,(H,13,16). The molecule has 0 saturated heterocycles. The van der Waals surface area contributed by atoms with E-state index in [0.29, 0.717) is 31.1 Å². The van der Waals surface area contributed by atoms with Crippen LogP contribution in [0, 0.1) is 5.92 Å². The van der Waals surface area contributed by atoms with Gasteiger partial charge in [0.05, 0.1) is 6.61 Å². The number of carbonyl (C=O) groups excluding carboxylic acids is 2. The Kier molecular flexibility index (Phi) is 3.66. The number of carbonyl (C=O) groups is 2. The second kappa shape index (κ2) is 5.04. The largest absolute Gasteiger partial charge is 0.449 e. The van der Waals surface area contributed by atoms with Gasteiger partial charge in [-0.3, -0.25) is 10.2 Å². The van der Waals surface area contributed by atoms with Crippen LogP contribution < -0.4 is 10.9 Å². The zero-order valence-electron chi connectivity index (χ0n) is 10.3. The summed E-state index contributed by atoms with van der Waals surface area (Å²) in [6.07, 6.45) is 4.94. The van der Waals surface area contributed by atoms with Crippen LogP contribution in [-0.2, 0) is 9.53 Å². The second-order valence-electron chi connectivity index (χ2n) is 5.13. The number of hydrogen-bond acceptors (Lipinski definition) is 4. The van der Waals surface area contributed by atoms with E-state index in [4.69, 9.17) is 4.74 Å². The Morgan fingerprint density at radius 1 is 1.59 bits per heavy atom. The Labute approximate surface area is 101 Å². The Hall–Kier alpha value is -1.10. The number of ether oxygens (including phenoxy) is 1. The molecule has 0 aromatic heterocycles. The van der Waals surface area contributed by atoms with Crippen molar-refractivity contribution in [2.75, 3.05) is 6.61 Å². The first-order valence-electron chi connectivity index (χ1n) is 6.35. The smallest absolute Gasteiger partial charge is 0.421 e. The molecule has 2 bridgehead atoms. The Morgan fingerprint density at radius 3 is 3.18 bits per heavy atom. The maximum Gasteiger partial charge on any atom is 0.421 e. The van der Waals surface area contributed by atoms with E-state index in [0.717, 1.165) is 25.7 Å². The van der Waals surface area contributed by atoms with Gasteiger partial charge in [0.2, 0.25) is 0 Å². The van der Waals surface area contributed by atoms with Gasteiger partial charge >= 0.3 is 6.09 Å². The van der Waals surface area contributed by atoms with E-state index < -0.39 is 6.09 Å². The third kappa shape index (κ3) is 2.97. The minimum Gasteiger partial charge on any atom is -0.449 e. The minimum atomic E-state index is -0.470. The Balaban J connectivity index is 1.92. The summed E-state index contributed by atoms with van der Waals surface area (Å²) in [4.78, 5) is 22.9. The van der Waals surface area contributed by atoms with Gasteiger partial charge < -0.3 is 4.74 Å². The summed E-state index contributed by atoms with van der Waals surface area (Å²) >= 11 is 0. The van der Waals surface area contributed by atoms with Gasteiger partial charge in [0.25, 0.3) is 0 Å². The Bertz CT molecular complexity index is 319. The molecule has 0 aliphatic heterocycles. The minimum absolute atomic E-state index is 0.231. The van der Waals surface area contributed by atoms with Gasteiger partial charge in [0.15, 0.2) is 0 Å². The van der Waals surface area contributed by atoms with E-state index in [9.17, 15) is 9.59 Å². The van der Waals surface area contributed by atoms with E-state index in [1.165, 1.54) is 0 Å². The summed E-state index contributed by atoms with van der Waals surface area (Å²) in [7, 11) is 0. The van der Waals surface area contributed by atoms with E-state index >= 15 is 0 Å². The highest BCUT2D eigenvalue weighted by Gasteiger charge is 2.42. The highest BCUT2D eigenvalue weighted by Crippen LogP contribution is 2.40. The van der Waals surface area contributed by atoms with Gasteiger partial charge in [-0.25, -0.2) is 10.2 Å². The van der Waals surface area contributed by atoms with Crippen LogP contribution in [0.15, 0.2) is 0 Å². The van der Waals surface area contributed by atoms with Gasteiger partial charge in [-0.05, 0) is 32.1 Å². The van der Waals surface area contributed by atoms with Crippen molar-refractivity contribution in [2.24, 2.45) is 5.92 Å². The quantitative estimate of drug-likeness (QED) is 0.734. The van der Waals surface area contributed by atoms with Crippen LogP contribution in [0.4, 0.5) is 4.79 Å². The second-order valence-corrected chi connectivity index (χ2v) is 5.13. The van der Waals surface area contributed by atoms with Gasteiger partial charge in [0, 0.05) is 18.4 Å². The van der Waals surface area contributed by atoms with Crippen LogP contribution in [0.2, 0.25) is 0 Å². The van der Waals surface area contributed by atoms with Crippen LogP contribution in [0.3, 0.4) is 0 Å². The first-order chi connectivity index (χ1) is 8.13. The van der Waals surface area contributed by atoms with Crippen LogP contribution in [-0.4, -0.2) is 24.0 Å². The molecule has 2 aliphatic carbocycles. The van der Waals surface area contributed by atoms with Crippen molar-refractivity contribution in [1.82, 2.24) is 10.9 Å². The molecule has 2 aliphatic rings. The summed E-state index contributed by atoms with van der Waals surface area (Å²) in [6.45, 7) is 2.11. The summed E-state index contributed by atoms with van der Waals surface area (Å²) < 4.78 is 4.80. The topological polar surface area (TPSA) is 67.4 Å². The van der Waals surface area contributed by atoms with Crippen molar-refractivity contribution < 1.29 is 14.3 Å². The van der Waals surface area contributed by atoms with Crippen molar-refractivity contribution in [2.45, 2.75) is 51.0 Å². The molecule has 0 heterocycles. The van der Waals surface area contributed by atoms with Crippen LogP contribution >= 0.6 is 0 Å². The van der Waals surface area contributed by atoms with Gasteiger partial charge in [-0.15, -0.1) is 0 Å². The molecule has 17 heavy (non-hydrogen) atoms. The lowest BCUT2D eigenvalue weighted by molar-refractivity contribution is -0.125. The molecule has 2 rings (SSSR count). The summed E-state index contributed by atoms with van der Waals surface area (Å²) in [6, 6.07) is 0. The summed E-state index contributed by atoms with van der Waals surface area (Å²) in [5, 5.41) is 0. The fraction of sp³-hybridized carbons (Fsp3) is 0.833. The molecule has 0 spiro atoms. The molecule has 0 aromatic rings. The lowest BCUT2D eigenvalue weighted by atomic mass is 9.67. The van der Waals surface area contributed by atoms with E-state index in [1.54, 1.807) is 6.92 Å². The SMILES string of the molecule is CCOC(=O)NNC12CCCC(CC(=O)C1)C2. The fourth-order valence-corrected chi connectivity index (χ4v) is 3.10. The summed E-state index contributed by atoms with van der Waals surface area (Å²) in [5.74, 6) is 0.792. The number of hydrazine groups is 1. The number of hydrogen-bond donors (Lipinski definition) is 2. The average Bonchev–Trinajstić information content (AvgIpc) is 2.26. The van der Waals surface area contributed by atoms with Crippen molar-refractivity contribution in [3.63, 3.8) is 0 Å². The van der Waals surface area contributed by atoms with Crippen LogP contribution in [0.5, 0.6) is 0 Å². The highest BCUT2D eigenvalue weighted by molar-refractivity contribution is 5.81. The molecule has 2 unspecified atom stereocenters. The lowest BCUT2D eigenvalue weighted by Gasteiger charge is -2.44. The summed E-state index contributed by atoms with van der Waals surface area (Å²) in [5.41, 5.74) is 5.36. The van der Waals surface area contributed by atoms with Crippen molar-refractivity contribution >= 4 is 11.9 Å². The number of ketones is 1. The molecule has 5 heteroatoms. The predicted octanol–water partition coefficient (Wildman–Crippen LogP) is 1.53. The maximum absolute atomic E-state index is 11.7. The molecule has 2 saturated carbocycles. The molecule has 96 valence electrons. The van der Waals surface area contributed by atoms with E-state index in [2.05, 4.69) is 10.9 Å². The van der Waals surface area contributed by atoms with Gasteiger partial charge in [-0.2, -0.15) is 0 Å². The molecular weight excluding hydrogens is 220 g/mol. The molecule has 0 aromatic carbocycles. The monoisotopic (exact) mass is 240 g/mol. The van der Waals surface area contributed by atoms with E-state index in [-0.39, 0.29) is 5.54 Å². The molecular formula is C12H20N2O3. The highest BCUT2D eigenvalue weighted by atomic mass is 16.5. The average molecular weight is 240 g/mol. The van der Waals surface area contributed by atoms with Crippen molar-refractivity contribution in [1.29, 1.82) is 0 Å². The molecule has 2 atom stereocenters. The third-order valence-electron chi connectivity index (χ3n) is 3.70. The fourth-order valence-electron chi connectivity index (χ4n) is 3.10. The number of rotatable bonds is 3.